The highest BCUT2D eigenvalue weighted by Gasteiger charge is 1.94. The maximum Gasteiger partial charge on any atom is 0.153 e. The van der Waals surface area contributed by atoms with E-state index in [1.54, 1.807) is 18.2 Å². The number of aldehydes is 1. The molecule has 1 aromatic rings. The van der Waals surface area contributed by atoms with Crippen molar-refractivity contribution >= 4 is 6.29 Å². The SMILES string of the molecule is CCCCCCCCCCCCCCCCCCN.O=Cc1ccccc1O. The summed E-state index contributed by atoms with van der Waals surface area (Å²) in [5, 5.41) is 8.88. The first-order valence-corrected chi connectivity index (χ1v) is 11.7. The third kappa shape index (κ3) is 18.0. The number of hydrogen-bond donors (Lipinski definition) is 2. The number of carbonyl (C=O) groups excluding carboxylic acids is 1. The van der Waals surface area contributed by atoms with E-state index in [0.29, 0.717) is 11.8 Å². The third-order valence-electron chi connectivity index (χ3n) is 5.12. The zero-order chi connectivity index (χ0) is 20.7. The van der Waals surface area contributed by atoms with E-state index in [2.05, 4.69) is 6.92 Å². The number of unbranched alkanes of at least 4 members (excludes halogenated alkanes) is 15. The molecule has 0 spiro atoms. The maximum absolute atomic E-state index is 10.1. The minimum absolute atomic E-state index is 0.0347. The molecule has 28 heavy (non-hydrogen) atoms. The second-order valence-electron chi connectivity index (χ2n) is 7.77. The fraction of sp³-hybridized carbons (Fsp3) is 0.720. The highest BCUT2D eigenvalue weighted by Crippen LogP contribution is 2.13. The van der Waals surface area contributed by atoms with Crippen molar-refractivity contribution in [1.82, 2.24) is 0 Å². The molecule has 3 N–H and O–H groups in total. The van der Waals surface area contributed by atoms with Gasteiger partial charge in [-0.05, 0) is 25.1 Å². The molecule has 0 amide bonds. The van der Waals surface area contributed by atoms with Gasteiger partial charge in [-0.15, -0.1) is 0 Å². The van der Waals surface area contributed by atoms with Crippen molar-refractivity contribution in [2.45, 2.75) is 110 Å². The summed E-state index contributed by atoms with van der Waals surface area (Å²) >= 11 is 0. The van der Waals surface area contributed by atoms with Gasteiger partial charge in [-0.2, -0.15) is 0 Å². The number of rotatable bonds is 17. The second-order valence-corrected chi connectivity index (χ2v) is 7.77. The zero-order valence-corrected chi connectivity index (χ0v) is 18.3. The quantitative estimate of drug-likeness (QED) is 0.214. The topological polar surface area (TPSA) is 63.3 Å². The molecule has 0 unspecified atom stereocenters. The maximum atomic E-state index is 10.1. The van der Waals surface area contributed by atoms with Crippen molar-refractivity contribution < 1.29 is 9.90 Å². The van der Waals surface area contributed by atoms with Crippen LogP contribution in [0.2, 0.25) is 0 Å². The van der Waals surface area contributed by atoms with E-state index in [1.807, 2.05) is 0 Å². The van der Waals surface area contributed by atoms with Crippen LogP contribution in [-0.4, -0.2) is 17.9 Å². The van der Waals surface area contributed by atoms with E-state index in [9.17, 15) is 4.79 Å². The van der Waals surface area contributed by atoms with E-state index in [4.69, 9.17) is 10.8 Å². The van der Waals surface area contributed by atoms with E-state index < -0.39 is 0 Å². The van der Waals surface area contributed by atoms with Crippen LogP contribution in [0.4, 0.5) is 0 Å². The summed E-state index contributed by atoms with van der Waals surface area (Å²) in [6.07, 6.45) is 23.5. The largest absolute Gasteiger partial charge is 0.507 e. The van der Waals surface area contributed by atoms with Gasteiger partial charge >= 0.3 is 0 Å². The smallest absolute Gasteiger partial charge is 0.153 e. The Kier molecular flexibility index (Phi) is 20.9. The van der Waals surface area contributed by atoms with Gasteiger partial charge in [-0.3, -0.25) is 4.79 Å². The standard InChI is InChI=1S/C18H39N.C7H6O2/c1-2-3-4-5-6-7-8-9-10-11-12-13-14-15-16-17-18-19;8-5-6-3-1-2-4-7(6)9/h2-19H2,1H3;1-5,9H. The Bertz CT molecular complexity index is 432. The Morgan fingerprint density at radius 1 is 0.714 bits per heavy atom. The van der Waals surface area contributed by atoms with Crippen LogP contribution in [-0.2, 0) is 0 Å². The molecule has 0 aromatic heterocycles. The fourth-order valence-corrected chi connectivity index (χ4v) is 3.28. The van der Waals surface area contributed by atoms with Crippen molar-refractivity contribution in [2.75, 3.05) is 6.54 Å². The van der Waals surface area contributed by atoms with E-state index in [0.717, 1.165) is 6.54 Å². The molecule has 162 valence electrons. The number of hydrogen-bond acceptors (Lipinski definition) is 3. The molecule has 1 aromatic carbocycles. The molecule has 0 saturated carbocycles. The number of para-hydroxylation sites is 1. The monoisotopic (exact) mass is 391 g/mol. The van der Waals surface area contributed by atoms with E-state index >= 15 is 0 Å². The first kappa shape index (κ1) is 26.6. The molecule has 0 fully saturated rings. The first-order chi connectivity index (χ1) is 13.8. The van der Waals surface area contributed by atoms with Crippen LogP contribution < -0.4 is 5.73 Å². The summed E-state index contributed by atoms with van der Waals surface area (Å²) in [5.74, 6) is 0.0347. The average Bonchev–Trinajstić information content (AvgIpc) is 2.72. The van der Waals surface area contributed by atoms with Gasteiger partial charge in [0.15, 0.2) is 6.29 Å². The van der Waals surface area contributed by atoms with Gasteiger partial charge in [-0.25, -0.2) is 0 Å². The second kappa shape index (κ2) is 21.9. The summed E-state index contributed by atoms with van der Waals surface area (Å²) in [4.78, 5) is 10.1. The number of aromatic hydroxyl groups is 1. The Hall–Kier alpha value is -1.35. The van der Waals surface area contributed by atoms with Gasteiger partial charge in [0, 0.05) is 0 Å². The Labute approximate surface area is 174 Å². The minimum atomic E-state index is 0.0347. The van der Waals surface area contributed by atoms with Gasteiger partial charge in [0.2, 0.25) is 0 Å². The van der Waals surface area contributed by atoms with Crippen LogP contribution in [0.5, 0.6) is 5.75 Å². The van der Waals surface area contributed by atoms with Gasteiger partial charge in [0.25, 0.3) is 0 Å². The minimum Gasteiger partial charge on any atom is -0.507 e. The predicted octanol–water partition coefficient (Wildman–Crippen LogP) is 7.41. The Morgan fingerprint density at radius 2 is 1.11 bits per heavy atom. The van der Waals surface area contributed by atoms with Gasteiger partial charge in [0.05, 0.1) is 5.56 Å². The van der Waals surface area contributed by atoms with Crippen molar-refractivity contribution in [1.29, 1.82) is 0 Å². The van der Waals surface area contributed by atoms with Crippen LogP contribution in [0.1, 0.15) is 120 Å². The van der Waals surface area contributed by atoms with Crippen LogP contribution in [0, 0.1) is 0 Å². The molecule has 1 rings (SSSR count). The molecule has 0 atom stereocenters. The van der Waals surface area contributed by atoms with Crippen molar-refractivity contribution in [2.24, 2.45) is 5.73 Å². The molecule has 3 nitrogen and oxygen atoms in total. The molecule has 0 aliphatic rings. The lowest BCUT2D eigenvalue weighted by atomic mass is 10.0. The Balaban J connectivity index is 0.000000668. The summed E-state index contributed by atoms with van der Waals surface area (Å²) < 4.78 is 0. The van der Waals surface area contributed by atoms with Crippen LogP contribution >= 0.6 is 0 Å². The van der Waals surface area contributed by atoms with E-state index in [-0.39, 0.29) is 5.75 Å². The van der Waals surface area contributed by atoms with Crippen LogP contribution in [0.25, 0.3) is 0 Å². The molecule has 0 heterocycles. The molecule has 0 aliphatic carbocycles. The highest BCUT2D eigenvalue weighted by molar-refractivity contribution is 5.78. The summed E-state index contributed by atoms with van der Waals surface area (Å²) in [5.41, 5.74) is 5.81. The normalized spacial score (nSPS) is 10.4. The lowest BCUT2D eigenvalue weighted by Gasteiger charge is -2.03. The summed E-state index contributed by atoms with van der Waals surface area (Å²) in [7, 11) is 0. The average molecular weight is 392 g/mol. The molecule has 0 aliphatic heterocycles. The van der Waals surface area contributed by atoms with Gasteiger partial charge < -0.3 is 10.8 Å². The summed E-state index contributed by atoms with van der Waals surface area (Å²) in [6.45, 7) is 3.16. The first-order valence-electron chi connectivity index (χ1n) is 11.7. The molecular formula is C25H45NO2. The van der Waals surface area contributed by atoms with Gasteiger partial charge in [0.1, 0.15) is 5.75 Å². The van der Waals surface area contributed by atoms with Crippen LogP contribution in [0.3, 0.4) is 0 Å². The number of phenols is 1. The van der Waals surface area contributed by atoms with Crippen LogP contribution in [0.15, 0.2) is 24.3 Å². The third-order valence-corrected chi connectivity index (χ3v) is 5.12. The van der Waals surface area contributed by atoms with Crippen molar-refractivity contribution in [3.63, 3.8) is 0 Å². The molecule has 0 bridgehead atoms. The highest BCUT2D eigenvalue weighted by atomic mass is 16.3. The van der Waals surface area contributed by atoms with E-state index in [1.165, 1.54) is 109 Å². The number of benzene rings is 1. The predicted molar refractivity (Wildman–Crippen MR) is 122 cm³/mol. The summed E-state index contributed by atoms with van der Waals surface area (Å²) in [6, 6.07) is 6.40. The zero-order valence-electron chi connectivity index (χ0n) is 18.3. The van der Waals surface area contributed by atoms with Crippen molar-refractivity contribution in [3.05, 3.63) is 29.8 Å². The lowest BCUT2D eigenvalue weighted by Crippen LogP contribution is -1.97. The lowest BCUT2D eigenvalue weighted by molar-refractivity contribution is 0.112. The number of carbonyl (C=O) groups is 1. The number of phenolic OH excluding ortho intramolecular Hbond substituents is 1. The molecule has 3 heteroatoms. The van der Waals surface area contributed by atoms with Crippen molar-refractivity contribution in [3.8, 4) is 5.75 Å². The number of nitrogens with two attached hydrogens (primary N) is 1. The fourth-order valence-electron chi connectivity index (χ4n) is 3.28. The molecule has 0 saturated heterocycles. The molecular weight excluding hydrogens is 346 g/mol. The Morgan fingerprint density at radius 3 is 1.43 bits per heavy atom. The molecule has 0 radical (unpaired) electrons. The van der Waals surface area contributed by atoms with Gasteiger partial charge in [-0.1, -0.05) is 115 Å².